The smallest absolute Gasteiger partial charge is 0.266 e. The summed E-state index contributed by atoms with van der Waals surface area (Å²) < 4.78 is 18.6. The lowest BCUT2D eigenvalue weighted by molar-refractivity contribution is -0.112. The predicted molar refractivity (Wildman–Crippen MR) is 111 cm³/mol. The molecule has 0 fully saturated rings. The van der Waals surface area contributed by atoms with Crippen molar-refractivity contribution in [2.45, 2.75) is 6.61 Å². The highest BCUT2D eigenvalue weighted by molar-refractivity contribution is 6.31. The average molecular weight is 407 g/mol. The number of hydrogen-bond donors (Lipinski definition) is 1. The molecule has 144 valence electrons. The highest BCUT2D eigenvalue weighted by atomic mass is 35.5. The lowest BCUT2D eigenvalue weighted by Gasteiger charge is -2.07. The molecular weight excluding hydrogens is 391 g/mol. The second-order valence-corrected chi connectivity index (χ2v) is 6.55. The first-order valence-corrected chi connectivity index (χ1v) is 9.07. The van der Waals surface area contributed by atoms with Gasteiger partial charge in [-0.2, -0.15) is 5.26 Å². The summed E-state index contributed by atoms with van der Waals surface area (Å²) in [6.45, 7) is 0.307. The third-order valence-electron chi connectivity index (χ3n) is 3.96. The van der Waals surface area contributed by atoms with Gasteiger partial charge in [-0.15, -0.1) is 0 Å². The molecular formula is C23H16ClFN2O2. The summed E-state index contributed by atoms with van der Waals surface area (Å²) in [6.07, 6.45) is 1.49. The number of anilines is 1. The molecule has 0 aliphatic heterocycles. The second kappa shape index (κ2) is 9.54. The normalized spacial score (nSPS) is 10.9. The molecule has 3 rings (SSSR count). The first kappa shape index (κ1) is 20.1. The Hall–Kier alpha value is -3.62. The van der Waals surface area contributed by atoms with E-state index in [-0.39, 0.29) is 11.4 Å². The van der Waals surface area contributed by atoms with Crippen LogP contribution in [0.15, 0.2) is 78.4 Å². The largest absolute Gasteiger partial charge is 0.489 e. The number of ether oxygens (including phenoxy) is 1. The summed E-state index contributed by atoms with van der Waals surface area (Å²) in [4.78, 5) is 12.3. The van der Waals surface area contributed by atoms with Gasteiger partial charge >= 0.3 is 0 Å². The Labute approximate surface area is 172 Å². The molecule has 3 aromatic rings. The van der Waals surface area contributed by atoms with Gasteiger partial charge in [0.1, 0.15) is 29.8 Å². The maximum absolute atomic E-state index is 12.9. The van der Waals surface area contributed by atoms with Gasteiger partial charge in [-0.1, -0.05) is 41.9 Å². The molecule has 0 aliphatic carbocycles. The Balaban J connectivity index is 1.64. The van der Waals surface area contributed by atoms with Gasteiger partial charge in [0.05, 0.1) is 0 Å². The van der Waals surface area contributed by atoms with Gasteiger partial charge in [0.25, 0.3) is 5.91 Å². The molecule has 1 N–H and O–H groups in total. The van der Waals surface area contributed by atoms with E-state index in [1.54, 1.807) is 60.7 Å². The number of amides is 1. The fraction of sp³-hybridized carbons (Fsp3) is 0.0435. The number of rotatable bonds is 6. The fourth-order valence-corrected chi connectivity index (χ4v) is 2.68. The molecule has 4 nitrogen and oxygen atoms in total. The Bertz CT molecular complexity index is 1070. The highest BCUT2D eigenvalue weighted by Crippen LogP contribution is 2.18. The van der Waals surface area contributed by atoms with E-state index < -0.39 is 5.91 Å². The van der Waals surface area contributed by atoms with Gasteiger partial charge in [0, 0.05) is 10.7 Å². The number of halogens is 2. The van der Waals surface area contributed by atoms with Crippen LogP contribution in [0, 0.1) is 17.1 Å². The molecule has 0 aromatic heterocycles. The number of nitrogens with one attached hydrogen (secondary N) is 1. The minimum atomic E-state index is -0.522. The molecule has 0 atom stereocenters. The molecule has 0 radical (unpaired) electrons. The summed E-state index contributed by atoms with van der Waals surface area (Å²) in [7, 11) is 0. The summed E-state index contributed by atoms with van der Waals surface area (Å²) in [5.41, 5.74) is 2.00. The van der Waals surface area contributed by atoms with Crippen LogP contribution in [0.25, 0.3) is 6.08 Å². The van der Waals surface area contributed by atoms with E-state index in [9.17, 15) is 14.4 Å². The van der Waals surface area contributed by atoms with Gasteiger partial charge in [0.15, 0.2) is 0 Å². The first-order valence-electron chi connectivity index (χ1n) is 8.69. The standard InChI is InChI=1S/C23H16ClFN2O2/c24-19-2-1-3-21(13-19)27-23(28)18(14-26)12-16-6-10-22(11-7-16)29-15-17-4-8-20(25)9-5-17/h1-13H,15H2,(H,27,28)/b18-12+. The van der Waals surface area contributed by atoms with Crippen LogP contribution in [0.2, 0.25) is 5.02 Å². The van der Waals surface area contributed by atoms with Crippen LogP contribution >= 0.6 is 11.6 Å². The topological polar surface area (TPSA) is 62.1 Å². The van der Waals surface area contributed by atoms with Crippen molar-refractivity contribution in [1.82, 2.24) is 0 Å². The third-order valence-corrected chi connectivity index (χ3v) is 4.19. The van der Waals surface area contributed by atoms with Crippen LogP contribution in [0.4, 0.5) is 10.1 Å². The van der Waals surface area contributed by atoms with Gasteiger partial charge < -0.3 is 10.1 Å². The van der Waals surface area contributed by atoms with Crippen molar-refractivity contribution >= 4 is 29.3 Å². The van der Waals surface area contributed by atoms with E-state index in [4.69, 9.17) is 16.3 Å². The third kappa shape index (κ3) is 5.93. The SMILES string of the molecule is N#C/C(=C\c1ccc(OCc2ccc(F)cc2)cc1)C(=O)Nc1cccc(Cl)c1. The number of hydrogen-bond acceptors (Lipinski definition) is 3. The molecule has 3 aromatic carbocycles. The van der Waals surface area contributed by atoms with Crippen molar-refractivity contribution in [2.75, 3.05) is 5.32 Å². The molecule has 0 heterocycles. The van der Waals surface area contributed by atoms with E-state index in [2.05, 4.69) is 5.32 Å². The molecule has 0 saturated heterocycles. The summed E-state index contributed by atoms with van der Waals surface area (Å²) in [5, 5.41) is 12.4. The van der Waals surface area contributed by atoms with E-state index in [1.807, 2.05) is 6.07 Å². The molecule has 29 heavy (non-hydrogen) atoms. The monoisotopic (exact) mass is 406 g/mol. The number of nitriles is 1. The second-order valence-electron chi connectivity index (χ2n) is 6.12. The van der Waals surface area contributed by atoms with Gasteiger partial charge in [0.2, 0.25) is 0 Å². The van der Waals surface area contributed by atoms with Crippen molar-refractivity contribution in [1.29, 1.82) is 5.26 Å². The van der Waals surface area contributed by atoms with Gasteiger partial charge in [-0.05, 0) is 59.7 Å². The number of nitrogens with zero attached hydrogens (tertiary/aromatic N) is 1. The van der Waals surface area contributed by atoms with Crippen LogP contribution in [-0.4, -0.2) is 5.91 Å². The van der Waals surface area contributed by atoms with Crippen LogP contribution in [0.5, 0.6) is 5.75 Å². The van der Waals surface area contributed by atoms with E-state index in [0.717, 1.165) is 5.56 Å². The highest BCUT2D eigenvalue weighted by Gasteiger charge is 2.10. The Kier molecular flexibility index (Phi) is 6.62. The minimum absolute atomic E-state index is 0.0371. The Morgan fingerprint density at radius 1 is 1.10 bits per heavy atom. The Morgan fingerprint density at radius 3 is 2.48 bits per heavy atom. The predicted octanol–water partition coefficient (Wildman–Crippen LogP) is 5.60. The van der Waals surface area contributed by atoms with Crippen LogP contribution in [0.3, 0.4) is 0 Å². The minimum Gasteiger partial charge on any atom is -0.489 e. The number of carbonyl (C=O) groups is 1. The van der Waals surface area contributed by atoms with Crippen molar-refractivity contribution in [3.8, 4) is 11.8 Å². The van der Waals surface area contributed by atoms with Gasteiger partial charge in [-0.25, -0.2) is 4.39 Å². The molecule has 0 aliphatic rings. The molecule has 0 saturated carbocycles. The van der Waals surface area contributed by atoms with Gasteiger partial charge in [-0.3, -0.25) is 4.79 Å². The zero-order valence-corrected chi connectivity index (χ0v) is 16.0. The van der Waals surface area contributed by atoms with Crippen molar-refractivity contribution in [3.63, 3.8) is 0 Å². The van der Waals surface area contributed by atoms with E-state index in [1.165, 1.54) is 18.2 Å². The van der Waals surface area contributed by atoms with E-state index >= 15 is 0 Å². The molecule has 6 heteroatoms. The quantitative estimate of drug-likeness (QED) is 0.428. The lowest BCUT2D eigenvalue weighted by atomic mass is 10.1. The van der Waals surface area contributed by atoms with E-state index in [0.29, 0.717) is 28.6 Å². The molecule has 1 amide bonds. The first-order chi connectivity index (χ1) is 14.0. The van der Waals surface area contributed by atoms with Crippen LogP contribution in [-0.2, 0) is 11.4 Å². The zero-order chi connectivity index (χ0) is 20.6. The molecule has 0 unspecified atom stereocenters. The lowest BCUT2D eigenvalue weighted by Crippen LogP contribution is -2.13. The summed E-state index contributed by atoms with van der Waals surface area (Å²) in [5.74, 6) is -0.197. The average Bonchev–Trinajstić information content (AvgIpc) is 2.72. The fourth-order valence-electron chi connectivity index (χ4n) is 2.49. The zero-order valence-electron chi connectivity index (χ0n) is 15.2. The summed E-state index contributed by atoms with van der Waals surface area (Å²) in [6, 6.07) is 21.6. The molecule has 0 spiro atoms. The van der Waals surface area contributed by atoms with Crippen molar-refractivity contribution < 1.29 is 13.9 Å². The Morgan fingerprint density at radius 2 is 1.83 bits per heavy atom. The maximum Gasteiger partial charge on any atom is 0.266 e. The van der Waals surface area contributed by atoms with Crippen LogP contribution < -0.4 is 10.1 Å². The maximum atomic E-state index is 12.9. The molecule has 0 bridgehead atoms. The van der Waals surface area contributed by atoms with Crippen molar-refractivity contribution in [3.05, 3.63) is 100 Å². The van der Waals surface area contributed by atoms with Crippen LogP contribution in [0.1, 0.15) is 11.1 Å². The van der Waals surface area contributed by atoms with Crippen molar-refractivity contribution in [2.24, 2.45) is 0 Å². The summed E-state index contributed by atoms with van der Waals surface area (Å²) >= 11 is 5.90. The number of carbonyl (C=O) groups excluding carboxylic acids is 1. The number of benzene rings is 3.